The monoisotopic (exact) mass is 641 g/mol. The van der Waals surface area contributed by atoms with Crippen molar-refractivity contribution in [1.29, 1.82) is 0 Å². The number of nitrogens with two attached hydrogens (primary N) is 1. The molecule has 1 aliphatic heterocycles. The Bertz CT molecular complexity index is 1420. The second-order valence-electron chi connectivity index (χ2n) is 13.9. The van der Waals surface area contributed by atoms with Crippen LogP contribution in [0.1, 0.15) is 75.1 Å². The van der Waals surface area contributed by atoms with Crippen LogP contribution in [-0.2, 0) is 19.3 Å². The highest BCUT2D eigenvalue weighted by molar-refractivity contribution is 5.42. The van der Waals surface area contributed by atoms with Crippen LogP contribution in [0.15, 0.2) is 90.4 Å². The number of allylic oxidation sites excluding steroid dienone is 2. The summed E-state index contributed by atoms with van der Waals surface area (Å²) < 4.78 is 6.11. The Morgan fingerprint density at radius 2 is 1.72 bits per heavy atom. The molecule has 1 saturated carbocycles. The summed E-state index contributed by atoms with van der Waals surface area (Å²) in [4.78, 5) is 3.30. The molecule has 2 aliphatic rings. The number of hydrogen-bond acceptors (Lipinski definition) is 6. The van der Waals surface area contributed by atoms with Crippen molar-refractivity contribution < 1.29 is 20.1 Å². The largest absolute Gasteiger partial charge is 0.504 e. The first kappa shape index (κ1) is 34.6. The number of phenols is 1. The van der Waals surface area contributed by atoms with E-state index in [1.54, 1.807) is 6.07 Å². The number of benzene rings is 2. The summed E-state index contributed by atoms with van der Waals surface area (Å²) in [5.41, 5.74) is 10.8. The molecule has 47 heavy (non-hydrogen) atoms. The molecule has 0 radical (unpaired) electrons. The summed E-state index contributed by atoms with van der Waals surface area (Å²) in [6.45, 7) is 3.53. The minimum atomic E-state index is -0.577. The highest BCUT2D eigenvalue weighted by atomic mass is 16.5. The molecule has 1 aliphatic carbocycles. The maximum absolute atomic E-state index is 11.1. The van der Waals surface area contributed by atoms with E-state index in [9.17, 15) is 15.3 Å². The number of rotatable bonds is 16. The number of aryl methyl sites for hydroxylation is 1. The molecule has 7 N–H and O–H groups in total. The first-order chi connectivity index (χ1) is 22.8. The first-order valence-corrected chi connectivity index (χ1v) is 17.7. The Morgan fingerprint density at radius 1 is 0.915 bits per heavy atom. The van der Waals surface area contributed by atoms with Crippen molar-refractivity contribution in [2.24, 2.45) is 29.4 Å². The van der Waals surface area contributed by atoms with Crippen molar-refractivity contribution in [1.82, 2.24) is 10.3 Å². The van der Waals surface area contributed by atoms with Gasteiger partial charge in [0.1, 0.15) is 0 Å². The number of aromatic amines is 1. The molecular formula is C40H55N3O4. The Balaban J connectivity index is 1.07. The zero-order valence-electron chi connectivity index (χ0n) is 28.0. The molecule has 5 rings (SSSR count). The molecule has 7 heteroatoms. The van der Waals surface area contributed by atoms with Gasteiger partial charge in [0.15, 0.2) is 11.5 Å². The Kier molecular flexibility index (Phi) is 12.9. The van der Waals surface area contributed by atoms with Gasteiger partial charge in [-0.25, -0.2) is 0 Å². The summed E-state index contributed by atoms with van der Waals surface area (Å²) in [6.07, 6.45) is 14.9. The number of dihydropyridines is 1. The van der Waals surface area contributed by atoms with Crippen molar-refractivity contribution in [3.05, 3.63) is 107 Å². The number of H-pyrrole nitrogens is 1. The fraction of sp³-hybridized carbons (Fsp3) is 0.500. The topological polar surface area (TPSA) is 124 Å². The maximum Gasteiger partial charge on any atom is 0.161 e. The van der Waals surface area contributed by atoms with Crippen LogP contribution in [0.5, 0.6) is 11.5 Å². The zero-order valence-corrected chi connectivity index (χ0v) is 28.0. The molecule has 0 unspecified atom stereocenters. The van der Waals surface area contributed by atoms with E-state index in [2.05, 4.69) is 59.7 Å². The number of aromatic nitrogens is 1. The summed E-state index contributed by atoms with van der Waals surface area (Å²) in [5.74, 6) is 3.03. The van der Waals surface area contributed by atoms with Gasteiger partial charge in [-0.2, -0.15) is 0 Å². The molecule has 2 heterocycles. The van der Waals surface area contributed by atoms with E-state index in [0.717, 1.165) is 56.2 Å². The number of nitrogens with one attached hydrogen (secondary N) is 2. The number of aliphatic hydroxyl groups is 2. The molecule has 0 bridgehead atoms. The van der Waals surface area contributed by atoms with Crippen LogP contribution in [0.4, 0.5) is 0 Å². The molecule has 6 atom stereocenters. The lowest BCUT2D eigenvalue weighted by Gasteiger charge is -2.25. The van der Waals surface area contributed by atoms with Gasteiger partial charge in [0.25, 0.3) is 0 Å². The Labute approximate surface area is 281 Å². The van der Waals surface area contributed by atoms with E-state index in [0.29, 0.717) is 55.8 Å². The average Bonchev–Trinajstić information content (AvgIpc) is 3.45. The lowest BCUT2D eigenvalue weighted by molar-refractivity contribution is 0.0350. The van der Waals surface area contributed by atoms with Crippen LogP contribution in [-0.4, -0.2) is 45.7 Å². The average molecular weight is 642 g/mol. The third-order valence-corrected chi connectivity index (χ3v) is 10.4. The maximum atomic E-state index is 11.1. The molecule has 0 amide bonds. The van der Waals surface area contributed by atoms with E-state index < -0.39 is 12.2 Å². The second kappa shape index (κ2) is 17.5. The molecule has 1 fully saturated rings. The predicted octanol–water partition coefficient (Wildman–Crippen LogP) is 6.80. The molecule has 1 aromatic heterocycles. The second-order valence-corrected chi connectivity index (χ2v) is 13.9. The van der Waals surface area contributed by atoms with Crippen molar-refractivity contribution in [3.8, 4) is 11.5 Å². The number of phenolic OH excluding ortho intramolecular Hbond substituents is 1. The third kappa shape index (κ3) is 10.7. The van der Waals surface area contributed by atoms with E-state index in [4.69, 9.17) is 10.5 Å². The summed E-state index contributed by atoms with van der Waals surface area (Å²) >= 11 is 0. The molecule has 0 saturated heterocycles. The minimum absolute atomic E-state index is 0.112. The summed E-state index contributed by atoms with van der Waals surface area (Å²) in [6, 6.07) is 20.3. The van der Waals surface area contributed by atoms with E-state index >= 15 is 0 Å². The highest BCUT2D eigenvalue weighted by Gasteiger charge is 2.28. The van der Waals surface area contributed by atoms with Gasteiger partial charge in [-0.15, -0.1) is 0 Å². The van der Waals surface area contributed by atoms with Gasteiger partial charge in [-0.1, -0.05) is 62.2 Å². The lowest BCUT2D eigenvalue weighted by Crippen LogP contribution is -2.26. The highest BCUT2D eigenvalue weighted by Crippen LogP contribution is 2.36. The lowest BCUT2D eigenvalue weighted by atomic mass is 9.83. The molecule has 2 aromatic carbocycles. The van der Waals surface area contributed by atoms with Crippen molar-refractivity contribution >= 4 is 0 Å². The number of ether oxygens (including phenoxy) is 1. The van der Waals surface area contributed by atoms with Gasteiger partial charge in [-0.3, -0.25) is 0 Å². The van der Waals surface area contributed by atoms with Gasteiger partial charge in [0, 0.05) is 18.4 Å². The first-order valence-electron chi connectivity index (χ1n) is 17.7. The molecular weight excluding hydrogens is 586 g/mol. The van der Waals surface area contributed by atoms with Crippen LogP contribution < -0.4 is 15.8 Å². The Morgan fingerprint density at radius 3 is 2.51 bits per heavy atom. The fourth-order valence-corrected chi connectivity index (χ4v) is 7.54. The number of aromatic hydroxyl groups is 1. The quantitative estimate of drug-likeness (QED) is 0.0957. The summed E-state index contributed by atoms with van der Waals surface area (Å²) in [5, 5.41) is 35.7. The van der Waals surface area contributed by atoms with Gasteiger partial charge >= 0.3 is 0 Å². The predicted molar refractivity (Wildman–Crippen MR) is 189 cm³/mol. The molecule has 7 nitrogen and oxygen atoms in total. The van der Waals surface area contributed by atoms with E-state index in [1.807, 2.05) is 30.5 Å². The minimum Gasteiger partial charge on any atom is -0.504 e. The van der Waals surface area contributed by atoms with Crippen LogP contribution in [0.25, 0.3) is 0 Å². The third-order valence-electron chi connectivity index (χ3n) is 10.4. The fourth-order valence-electron chi connectivity index (χ4n) is 7.54. The van der Waals surface area contributed by atoms with Crippen molar-refractivity contribution in [3.63, 3.8) is 0 Å². The van der Waals surface area contributed by atoms with Crippen LogP contribution in [0.3, 0.4) is 0 Å². The standard InChI is InChI=1S/C40H55N3O4/c1-28(23-29-7-3-2-4-8-29)31-9-5-10-32(15-14-31)38(46)27-36(44)16-12-30-13-17-37(45)39(24-30)47-22-19-34(25-35-11-6-20-42-35)33-18-21-43-40(41)26-33/h2-4,6-8,11,13,17-18,20,24,26,28,31-32,34,36,38,42-46H,5,9-10,12,14-16,19,21-23,25,27,41H2,1H3/t28-,31+,32-,34-,36-,38-/m1/s1. The Hall–Kier alpha value is -3.68. The van der Waals surface area contributed by atoms with E-state index in [-0.39, 0.29) is 17.6 Å². The van der Waals surface area contributed by atoms with Crippen molar-refractivity contribution in [2.45, 2.75) is 89.8 Å². The van der Waals surface area contributed by atoms with Gasteiger partial charge in [-0.05, 0) is 129 Å². The van der Waals surface area contributed by atoms with Gasteiger partial charge < -0.3 is 36.1 Å². The zero-order chi connectivity index (χ0) is 33.0. The summed E-state index contributed by atoms with van der Waals surface area (Å²) in [7, 11) is 0. The molecule has 0 spiro atoms. The SMILES string of the molecule is C[C@H](Cc1ccccc1)[C@H]1CCC[C@@H]([C@H](O)C[C@H](O)CCc2ccc(O)c(OCC[C@H](Cc3ccc[nH]3)C3=CCNC(N)=C3)c2)CC1. The van der Waals surface area contributed by atoms with Gasteiger partial charge in [0.2, 0.25) is 0 Å². The van der Waals surface area contributed by atoms with Gasteiger partial charge in [0.05, 0.1) is 24.6 Å². The normalized spacial score (nSPS) is 21.0. The van der Waals surface area contributed by atoms with Crippen LogP contribution in [0.2, 0.25) is 0 Å². The van der Waals surface area contributed by atoms with Crippen molar-refractivity contribution in [2.75, 3.05) is 13.2 Å². The molecule has 254 valence electrons. The number of aliphatic hydroxyl groups excluding tert-OH is 2. The van der Waals surface area contributed by atoms with E-state index in [1.165, 1.54) is 17.6 Å². The number of hydrogen-bond donors (Lipinski definition) is 6. The van der Waals surface area contributed by atoms with Crippen LogP contribution >= 0.6 is 0 Å². The van der Waals surface area contributed by atoms with Crippen LogP contribution in [0, 0.1) is 23.7 Å². The smallest absolute Gasteiger partial charge is 0.161 e. The molecule has 3 aromatic rings.